The van der Waals surface area contributed by atoms with E-state index in [2.05, 4.69) is 22.8 Å². The van der Waals surface area contributed by atoms with Crippen molar-refractivity contribution in [3.05, 3.63) is 64.4 Å². The van der Waals surface area contributed by atoms with Crippen LogP contribution in [-0.2, 0) is 10.2 Å². The van der Waals surface area contributed by atoms with Crippen molar-refractivity contribution in [2.45, 2.75) is 25.2 Å². The standard InChI is InChI=1S/C23H25NO3S/c1-2-27-19-10-9-17-6-3-4-7-18(17)21(19)22(25)24-16-23(11-13-26-14-12-23)20-8-5-15-28-20/h3-10,15H,2,11-14,16H2,1H3,(H,24,25). The van der Waals surface area contributed by atoms with Gasteiger partial charge in [0.25, 0.3) is 5.91 Å². The van der Waals surface area contributed by atoms with E-state index in [1.165, 1.54) is 4.88 Å². The van der Waals surface area contributed by atoms with Crippen molar-refractivity contribution >= 4 is 28.0 Å². The lowest BCUT2D eigenvalue weighted by Gasteiger charge is -2.36. The first kappa shape index (κ1) is 19.0. The quantitative estimate of drug-likeness (QED) is 0.653. The Morgan fingerprint density at radius 3 is 2.71 bits per heavy atom. The molecule has 146 valence electrons. The molecule has 28 heavy (non-hydrogen) atoms. The summed E-state index contributed by atoms with van der Waals surface area (Å²) in [6, 6.07) is 16.1. The van der Waals surface area contributed by atoms with E-state index in [1.54, 1.807) is 11.3 Å². The van der Waals surface area contributed by atoms with Gasteiger partial charge in [-0.2, -0.15) is 0 Å². The molecule has 1 saturated heterocycles. The molecule has 0 saturated carbocycles. The molecule has 0 atom stereocenters. The number of carbonyl (C=O) groups is 1. The fourth-order valence-electron chi connectivity index (χ4n) is 3.95. The maximum atomic E-state index is 13.3. The van der Waals surface area contributed by atoms with Gasteiger partial charge in [0, 0.05) is 30.1 Å². The third-order valence-corrected chi connectivity index (χ3v) is 6.62. The highest BCUT2D eigenvalue weighted by Gasteiger charge is 2.36. The number of rotatable bonds is 6. The second-order valence-corrected chi connectivity index (χ2v) is 8.09. The minimum Gasteiger partial charge on any atom is -0.493 e. The van der Waals surface area contributed by atoms with Gasteiger partial charge in [-0.15, -0.1) is 11.3 Å². The molecule has 3 aromatic rings. The molecule has 5 heteroatoms. The van der Waals surface area contributed by atoms with E-state index >= 15 is 0 Å². The van der Waals surface area contributed by atoms with Crippen LogP contribution in [0.4, 0.5) is 0 Å². The van der Waals surface area contributed by atoms with Crippen LogP contribution in [-0.4, -0.2) is 32.3 Å². The van der Waals surface area contributed by atoms with Gasteiger partial charge in [-0.1, -0.05) is 36.4 Å². The van der Waals surface area contributed by atoms with Crippen molar-refractivity contribution < 1.29 is 14.3 Å². The van der Waals surface area contributed by atoms with Crippen molar-refractivity contribution in [3.8, 4) is 5.75 Å². The first-order chi connectivity index (χ1) is 13.7. The molecule has 1 aliphatic rings. The highest BCUT2D eigenvalue weighted by atomic mass is 32.1. The van der Waals surface area contributed by atoms with Gasteiger partial charge < -0.3 is 14.8 Å². The Kier molecular flexibility index (Phi) is 5.64. The number of carbonyl (C=O) groups excluding carboxylic acids is 1. The molecule has 4 rings (SSSR count). The number of amides is 1. The molecule has 1 aromatic heterocycles. The molecule has 0 unspecified atom stereocenters. The zero-order valence-corrected chi connectivity index (χ0v) is 16.9. The molecule has 0 spiro atoms. The summed E-state index contributed by atoms with van der Waals surface area (Å²) in [6.07, 6.45) is 1.84. The molecule has 4 nitrogen and oxygen atoms in total. The zero-order chi connectivity index (χ0) is 19.4. The zero-order valence-electron chi connectivity index (χ0n) is 16.1. The maximum Gasteiger partial charge on any atom is 0.255 e. The first-order valence-corrected chi connectivity index (χ1v) is 10.7. The summed E-state index contributed by atoms with van der Waals surface area (Å²) in [5.41, 5.74) is 0.562. The summed E-state index contributed by atoms with van der Waals surface area (Å²) < 4.78 is 11.4. The highest BCUT2D eigenvalue weighted by molar-refractivity contribution is 7.10. The van der Waals surface area contributed by atoms with Crippen LogP contribution in [0.15, 0.2) is 53.9 Å². The Hall–Kier alpha value is -2.37. The summed E-state index contributed by atoms with van der Waals surface area (Å²) in [5, 5.41) is 7.28. The van der Waals surface area contributed by atoms with Crippen LogP contribution in [0, 0.1) is 0 Å². The normalized spacial score (nSPS) is 16.0. The van der Waals surface area contributed by atoms with E-state index in [9.17, 15) is 4.79 Å². The molecule has 0 bridgehead atoms. The average Bonchev–Trinajstić information content (AvgIpc) is 3.28. The monoisotopic (exact) mass is 395 g/mol. The number of thiophene rings is 1. The number of nitrogens with one attached hydrogen (secondary N) is 1. The van der Waals surface area contributed by atoms with E-state index in [1.807, 2.05) is 43.3 Å². The van der Waals surface area contributed by atoms with E-state index in [-0.39, 0.29) is 11.3 Å². The largest absolute Gasteiger partial charge is 0.493 e. The Labute approximate surface area is 169 Å². The Balaban J connectivity index is 1.64. The second-order valence-electron chi connectivity index (χ2n) is 7.15. The summed E-state index contributed by atoms with van der Waals surface area (Å²) in [6.45, 7) is 4.52. The van der Waals surface area contributed by atoms with Crippen molar-refractivity contribution in [2.24, 2.45) is 0 Å². The van der Waals surface area contributed by atoms with Gasteiger partial charge in [0.1, 0.15) is 5.75 Å². The van der Waals surface area contributed by atoms with Crippen LogP contribution >= 0.6 is 11.3 Å². The lowest BCUT2D eigenvalue weighted by Crippen LogP contribution is -2.44. The third kappa shape index (κ3) is 3.64. The number of ether oxygens (including phenoxy) is 2. The summed E-state index contributed by atoms with van der Waals surface area (Å²) in [4.78, 5) is 14.6. The lowest BCUT2D eigenvalue weighted by atomic mass is 9.78. The Bertz CT molecular complexity index is 946. The van der Waals surface area contributed by atoms with Crippen molar-refractivity contribution in [1.82, 2.24) is 5.32 Å². The van der Waals surface area contributed by atoms with Crippen LogP contribution < -0.4 is 10.1 Å². The Morgan fingerprint density at radius 1 is 1.14 bits per heavy atom. The van der Waals surface area contributed by atoms with Gasteiger partial charge in [0.05, 0.1) is 12.2 Å². The maximum absolute atomic E-state index is 13.3. The number of hydrogen-bond donors (Lipinski definition) is 1. The van der Waals surface area contributed by atoms with Gasteiger partial charge >= 0.3 is 0 Å². The van der Waals surface area contributed by atoms with E-state index in [0.717, 1.165) is 36.8 Å². The number of benzene rings is 2. The lowest BCUT2D eigenvalue weighted by molar-refractivity contribution is 0.0498. The summed E-state index contributed by atoms with van der Waals surface area (Å²) >= 11 is 1.76. The van der Waals surface area contributed by atoms with Crippen molar-refractivity contribution in [1.29, 1.82) is 0 Å². The van der Waals surface area contributed by atoms with Crippen LogP contribution in [0.1, 0.15) is 35.0 Å². The minimum absolute atomic E-state index is 0.0571. The van der Waals surface area contributed by atoms with Crippen LogP contribution in [0.3, 0.4) is 0 Å². The predicted molar refractivity (Wildman–Crippen MR) is 114 cm³/mol. The van der Waals surface area contributed by atoms with Crippen LogP contribution in [0.25, 0.3) is 10.8 Å². The topological polar surface area (TPSA) is 47.6 Å². The molecule has 1 amide bonds. The average molecular weight is 396 g/mol. The van der Waals surface area contributed by atoms with E-state index < -0.39 is 0 Å². The smallest absolute Gasteiger partial charge is 0.255 e. The van der Waals surface area contributed by atoms with Gasteiger partial charge in [-0.3, -0.25) is 4.79 Å². The molecule has 1 aliphatic heterocycles. The molecule has 0 radical (unpaired) electrons. The van der Waals surface area contributed by atoms with E-state index in [0.29, 0.717) is 24.5 Å². The van der Waals surface area contributed by atoms with Crippen molar-refractivity contribution in [2.75, 3.05) is 26.4 Å². The Morgan fingerprint density at radius 2 is 1.96 bits per heavy atom. The molecule has 2 aromatic carbocycles. The third-order valence-electron chi connectivity index (χ3n) is 5.50. The number of hydrogen-bond acceptors (Lipinski definition) is 4. The molecular formula is C23H25NO3S. The fourth-order valence-corrected chi connectivity index (χ4v) is 4.94. The molecular weight excluding hydrogens is 370 g/mol. The SMILES string of the molecule is CCOc1ccc2ccccc2c1C(=O)NCC1(c2cccs2)CCOCC1. The van der Waals surface area contributed by atoms with Gasteiger partial charge in [-0.25, -0.2) is 0 Å². The molecule has 2 heterocycles. The number of fused-ring (bicyclic) bond motifs is 1. The summed E-state index contributed by atoms with van der Waals surface area (Å²) in [5.74, 6) is 0.554. The first-order valence-electron chi connectivity index (χ1n) is 9.78. The molecule has 1 fully saturated rings. The van der Waals surface area contributed by atoms with Gasteiger partial charge in [-0.05, 0) is 48.1 Å². The van der Waals surface area contributed by atoms with Crippen LogP contribution in [0.2, 0.25) is 0 Å². The van der Waals surface area contributed by atoms with E-state index in [4.69, 9.17) is 9.47 Å². The van der Waals surface area contributed by atoms with Crippen LogP contribution in [0.5, 0.6) is 5.75 Å². The fraction of sp³-hybridized carbons (Fsp3) is 0.348. The minimum atomic E-state index is -0.0809. The highest BCUT2D eigenvalue weighted by Crippen LogP contribution is 2.37. The van der Waals surface area contributed by atoms with Gasteiger partial charge in [0.2, 0.25) is 0 Å². The van der Waals surface area contributed by atoms with Gasteiger partial charge in [0.15, 0.2) is 0 Å². The second kappa shape index (κ2) is 8.33. The molecule has 1 N–H and O–H groups in total. The predicted octanol–water partition coefficient (Wildman–Crippen LogP) is 4.78. The van der Waals surface area contributed by atoms with Crippen molar-refractivity contribution in [3.63, 3.8) is 0 Å². The summed E-state index contributed by atoms with van der Waals surface area (Å²) in [7, 11) is 0. The molecule has 0 aliphatic carbocycles.